The van der Waals surface area contributed by atoms with Gasteiger partial charge in [0.15, 0.2) is 5.96 Å². The van der Waals surface area contributed by atoms with Gasteiger partial charge in [-0.05, 0) is 36.5 Å². The molecule has 0 unspecified atom stereocenters. The third kappa shape index (κ3) is 5.47. The molecule has 0 aliphatic rings. The van der Waals surface area contributed by atoms with E-state index in [0.717, 1.165) is 38.4 Å². The second-order valence-electron chi connectivity index (χ2n) is 6.46. The second-order valence-corrected chi connectivity index (χ2v) is 6.46. The van der Waals surface area contributed by atoms with Crippen molar-refractivity contribution in [3.63, 3.8) is 0 Å². The number of guanidine groups is 1. The van der Waals surface area contributed by atoms with Gasteiger partial charge in [0, 0.05) is 43.4 Å². The number of aryl methyl sites for hydroxylation is 2. The van der Waals surface area contributed by atoms with Crippen LogP contribution in [-0.4, -0.2) is 40.9 Å². The van der Waals surface area contributed by atoms with Crippen LogP contribution in [0.2, 0.25) is 0 Å². The average Bonchev–Trinajstić information content (AvgIpc) is 3.26. The van der Waals surface area contributed by atoms with Crippen LogP contribution in [-0.2, 0) is 19.4 Å². The van der Waals surface area contributed by atoms with Gasteiger partial charge in [0.25, 0.3) is 0 Å². The van der Waals surface area contributed by atoms with Crippen molar-refractivity contribution in [3.8, 4) is 0 Å². The van der Waals surface area contributed by atoms with Crippen molar-refractivity contribution in [1.29, 1.82) is 0 Å². The zero-order valence-corrected chi connectivity index (χ0v) is 18.6. The van der Waals surface area contributed by atoms with E-state index in [9.17, 15) is 0 Å². The number of aliphatic imine (C=N–C) groups is 1. The quantitative estimate of drug-likeness (QED) is 0.276. The van der Waals surface area contributed by atoms with Crippen LogP contribution in [0.15, 0.2) is 41.8 Å². The van der Waals surface area contributed by atoms with Gasteiger partial charge < -0.3 is 15.6 Å². The van der Waals surface area contributed by atoms with E-state index in [4.69, 9.17) is 0 Å². The molecule has 3 aromatic rings. The SMILES string of the molecule is CCc1cccc2c(CCNC(=NC)NCCn3cc(C)cn3)c[nH]c12.I. The van der Waals surface area contributed by atoms with Crippen LogP contribution in [0.3, 0.4) is 0 Å². The number of H-pyrrole nitrogens is 1. The van der Waals surface area contributed by atoms with Crippen LogP contribution in [0.4, 0.5) is 0 Å². The number of hydrogen-bond donors (Lipinski definition) is 3. The van der Waals surface area contributed by atoms with E-state index in [2.05, 4.69) is 57.0 Å². The maximum absolute atomic E-state index is 4.29. The molecule has 0 aliphatic heterocycles. The predicted molar refractivity (Wildman–Crippen MR) is 123 cm³/mol. The summed E-state index contributed by atoms with van der Waals surface area (Å²) in [6.07, 6.45) is 8.04. The summed E-state index contributed by atoms with van der Waals surface area (Å²) in [7, 11) is 1.80. The Balaban J connectivity index is 0.00000261. The van der Waals surface area contributed by atoms with Crippen molar-refractivity contribution in [2.24, 2.45) is 4.99 Å². The van der Waals surface area contributed by atoms with Crippen LogP contribution in [0, 0.1) is 6.92 Å². The molecule has 7 heteroatoms. The minimum absolute atomic E-state index is 0. The van der Waals surface area contributed by atoms with Crippen molar-refractivity contribution in [2.75, 3.05) is 20.1 Å². The number of nitrogens with one attached hydrogen (secondary N) is 3. The summed E-state index contributed by atoms with van der Waals surface area (Å²) in [5.41, 5.74) is 5.15. The zero-order valence-electron chi connectivity index (χ0n) is 16.2. The number of para-hydroxylation sites is 1. The molecule has 0 bridgehead atoms. The van der Waals surface area contributed by atoms with Crippen LogP contribution in [0.25, 0.3) is 10.9 Å². The molecule has 2 aromatic heterocycles. The first-order valence-corrected chi connectivity index (χ1v) is 9.22. The van der Waals surface area contributed by atoms with E-state index in [1.54, 1.807) is 7.05 Å². The number of fused-ring (bicyclic) bond motifs is 1. The van der Waals surface area contributed by atoms with Gasteiger partial charge in [-0.25, -0.2) is 0 Å². The molecule has 3 rings (SSSR count). The monoisotopic (exact) mass is 480 g/mol. The third-order valence-electron chi connectivity index (χ3n) is 4.57. The van der Waals surface area contributed by atoms with E-state index in [1.807, 2.05) is 24.0 Å². The van der Waals surface area contributed by atoms with Crippen LogP contribution in [0.1, 0.15) is 23.6 Å². The summed E-state index contributed by atoms with van der Waals surface area (Å²) in [5.74, 6) is 0.822. The highest BCUT2D eigenvalue weighted by Gasteiger charge is 2.06. The smallest absolute Gasteiger partial charge is 0.191 e. The van der Waals surface area contributed by atoms with Gasteiger partial charge in [0.2, 0.25) is 0 Å². The molecule has 3 N–H and O–H groups in total. The molecule has 6 nitrogen and oxygen atoms in total. The highest BCUT2D eigenvalue weighted by atomic mass is 127. The molecular formula is C20H29IN6. The highest BCUT2D eigenvalue weighted by molar-refractivity contribution is 14.0. The van der Waals surface area contributed by atoms with Gasteiger partial charge in [-0.15, -0.1) is 24.0 Å². The minimum atomic E-state index is 0. The number of halogens is 1. The van der Waals surface area contributed by atoms with E-state index in [0.29, 0.717) is 0 Å². The molecule has 0 saturated heterocycles. The fourth-order valence-corrected chi connectivity index (χ4v) is 3.19. The summed E-state index contributed by atoms with van der Waals surface area (Å²) in [6, 6.07) is 6.52. The number of benzene rings is 1. The second kappa shape index (κ2) is 10.3. The largest absolute Gasteiger partial charge is 0.361 e. The number of rotatable bonds is 7. The molecule has 146 valence electrons. The molecule has 0 amide bonds. The van der Waals surface area contributed by atoms with E-state index in [1.165, 1.54) is 27.6 Å². The van der Waals surface area contributed by atoms with Gasteiger partial charge in [-0.1, -0.05) is 25.1 Å². The average molecular weight is 480 g/mol. The van der Waals surface area contributed by atoms with Crippen molar-refractivity contribution in [1.82, 2.24) is 25.4 Å². The fraction of sp³-hybridized carbons (Fsp3) is 0.400. The lowest BCUT2D eigenvalue weighted by Gasteiger charge is -2.11. The molecule has 0 atom stereocenters. The Bertz CT molecular complexity index is 880. The first-order chi connectivity index (χ1) is 12.7. The Morgan fingerprint density at radius 2 is 2.04 bits per heavy atom. The highest BCUT2D eigenvalue weighted by Crippen LogP contribution is 2.22. The van der Waals surface area contributed by atoms with Crippen LogP contribution < -0.4 is 10.6 Å². The van der Waals surface area contributed by atoms with Crippen molar-refractivity contribution in [3.05, 3.63) is 53.5 Å². The lowest BCUT2D eigenvalue weighted by Crippen LogP contribution is -2.39. The maximum Gasteiger partial charge on any atom is 0.191 e. The molecule has 0 spiro atoms. The molecule has 0 saturated carbocycles. The number of aromatic amines is 1. The summed E-state index contributed by atoms with van der Waals surface area (Å²) in [4.78, 5) is 7.72. The van der Waals surface area contributed by atoms with Crippen molar-refractivity contribution >= 4 is 40.8 Å². The van der Waals surface area contributed by atoms with Crippen LogP contribution in [0.5, 0.6) is 0 Å². The molecule has 0 radical (unpaired) electrons. The Kier molecular flexibility index (Phi) is 8.15. The van der Waals surface area contributed by atoms with E-state index < -0.39 is 0 Å². The first-order valence-electron chi connectivity index (χ1n) is 9.22. The predicted octanol–water partition coefficient (Wildman–Crippen LogP) is 3.26. The normalized spacial score (nSPS) is 11.4. The topological polar surface area (TPSA) is 70.0 Å². The summed E-state index contributed by atoms with van der Waals surface area (Å²) in [5, 5.41) is 12.3. The summed E-state index contributed by atoms with van der Waals surface area (Å²) in [6.45, 7) is 6.68. The van der Waals surface area contributed by atoms with E-state index >= 15 is 0 Å². The number of hydrogen-bond acceptors (Lipinski definition) is 2. The molecule has 0 fully saturated rings. The summed E-state index contributed by atoms with van der Waals surface area (Å²) < 4.78 is 1.94. The van der Waals surface area contributed by atoms with Gasteiger partial charge in [-0.3, -0.25) is 9.67 Å². The lowest BCUT2D eigenvalue weighted by molar-refractivity contribution is 0.597. The molecule has 1 aromatic carbocycles. The zero-order chi connectivity index (χ0) is 18.4. The summed E-state index contributed by atoms with van der Waals surface area (Å²) >= 11 is 0. The van der Waals surface area contributed by atoms with Gasteiger partial charge >= 0.3 is 0 Å². The fourth-order valence-electron chi connectivity index (χ4n) is 3.19. The van der Waals surface area contributed by atoms with Gasteiger partial charge in [-0.2, -0.15) is 5.10 Å². The maximum atomic E-state index is 4.29. The molecule has 2 heterocycles. The Morgan fingerprint density at radius 1 is 1.22 bits per heavy atom. The Morgan fingerprint density at radius 3 is 2.74 bits per heavy atom. The van der Waals surface area contributed by atoms with Crippen molar-refractivity contribution < 1.29 is 0 Å². The molecule has 27 heavy (non-hydrogen) atoms. The number of aromatic nitrogens is 3. The van der Waals surface area contributed by atoms with Gasteiger partial charge in [0.1, 0.15) is 0 Å². The third-order valence-corrected chi connectivity index (χ3v) is 4.57. The lowest BCUT2D eigenvalue weighted by atomic mass is 10.1. The Labute approximate surface area is 177 Å². The number of nitrogens with zero attached hydrogens (tertiary/aromatic N) is 3. The minimum Gasteiger partial charge on any atom is -0.361 e. The Hall–Kier alpha value is -2.03. The van der Waals surface area contributed by atoms with E-state index in [-0.39, 0.29) is 24.0 Å². The van der Waals surface area contributed by atoms with Crippen molar-refractivity contribution in [2.45, 2.75) is 33.2 Å². The van der Waals surface area contributed by atoms with Gasteiger partial charge in [0.05, 0.1) is 12.7 Å². The standard InChI is InChI=1S/C20H28N6.HI/c1-4-16-6-5-7-18-17(13-24-19(16)18)8-9-22-20(21-3)23-10-11-26-14-15(2)12-25-26;/h5-7,12-14,24H,4,8-11H2,1-3H3,(H2,21,22,23);1H. The molecule has 0 aliphatic carbocycles. The van der Waals surface area contributed by atoms with Crippen LogP contribution >= 0.6 is 24.0 Å². The molecular weight excluding hydrogens is 451 g/mol. The first kappa shape index (κ1) is 21.3.